The molecule has 2 unspecified atom stereocenters. The molecular formula is C25H23N7S. The standard InChI is InChI=1S/C25H23N7S/c1-26-18-5-2-4-16-17(18)10-21-23(16)24(32-13-14-8-22(32)29-11-14)31-25(30-21)33-15-9-20-19(28-12-15)6-3-7-27-20/h2-7,9,12,14,22,26,29H,8,10-11,13H2,1H3. The molecule has 5 heterocycles. The Balaban J connectivity index is 1.34. The summed E-state index contributed by atoms with van der Waals surface area (Å²) in [4.78, 5) is 22.7. The van der Waals surface area contributed by atoms with Crippen molar-refractivity contribution in [1.82, 2.24) is 25.3 Å². The summed E-state index contributed by atoms with van der Waals surface area (Å²) in [6.07, 6.45) is 6.05. The van der Waals surface area contributed by atoms with Crippen molar-refractivity contribution in [1.29, 1.82) is 0 Å². The van der Waals surface area contributed by atoms with Gasteiger partial charge < -0.3 is 10.2 Å². The first kappa shape index (κ1) is 19.3. The van der Waals surface area contributed by atoms with Crippen molar-refractivity contribution in [2.75, 3.05) is 30.4 Å². The lowest BCUT2D eigenvalue weighted by Gasteiger charge is -2.30. The number of pyridine rings is 2. The Hall–Kier alpha value is -3.23. The SMILES string of the molecule is CNc1cccc2c1Cc1nc(Sc3cnc4cccnc4c3)nc(N3CC4CNC3C4)c1-2. The number of rotatable bonds is 4. The molecule has 0 radical (unpaired) electrons. The van der Waals surface area contributed by atoms with E-state index >= 15 is 0 Å². The Kier molecular flexibility index (Phi) is 4.32. The van der Waals surface area contributed by atoms with Crippen LogP contribution in [0, 0.1) is 5.92 Å². The molecule has 3 aliphatic rings. The summed E-state index contributed by atoms with van der Waals surface area (Å²) in [6, 6.07) is 12.4. The molecule has 8 heteroatoms. The number of hydrogen-bond donors (Lipinski definition) is 2. The number of hydrogen-bond acceptors (Lipinski definition) is 8. The molecule has 7 rings (SSSR count). The molecule has 164 valence electrons. The summed E-state index contributed by atoms with van der Waals surface area (Å²) < 4.78 is 0. The quantitative estimate of drug-likeness (QED) is 0.396. The molecule has 33 heavy (non-hydrogen) atoms. The lowest BCUT2D eigenvalue weighted by molar-refractivity contribution is 0.533. The zero-order valence-corrected chi connectivity index (χ0v) is 19.1. The molecule has 2 fully saturated rings. The first-order valence-electron chi connectivity index (χ1n) is 11.4. The van der Waals surface area contributed by atoms with Gasteiger partial charge in [-0.1, -0.05) is 12.1 Å². The second kappa shape index (κ2) is 7.40. The van der Waals surface area contributed by atoms with E-state index in [1.807, 2.05) is 25.4 Å². The normalized spacial score (nSPS) is 20.3. The van der Waals surface area contributed by atoms with E-state index in [0.29, 0.717) is 12.1 Å². The lowest BCUT2D eigenvalue weighted by atomic mass is 10.1. The maximum absolute atomic E-state index is 5.14. The van der Waals surface area contributed by atoms with Crippen molar-refractivity contribution in [3.63, 3.8) is 0 Å². The molecule has 2 atom stereocenters. The van der Waals surface area contributed by atoms with Crippen LogP contribution in [0.3, 0.4) is 0 Å². The Bertz CT molecular complexity index is 1410. The smallest absolute Gasteiger partial charge is 0.194 e. The van der Waals surface area contributed by atoms with E-state index in [4.69, 9.17) is 9.97 Å². The Morgan fingerprint density at radius 2 is 2.09 bits per heavy atom. The van der Waals surface area contributed by atoms with Crippen LogP contribution in [0.15, 0.2) is 58.8 Å². The topological polar surface area (TPSA) is 78.9 Å². The Morgan fingerprint density at radius 1 is 1.12 bits per heavy atom. The van der Waals surface area contributed by atoms with E-state index in [0.717, 1.165) is 57.8 Å². The van der Waals surface area contributed by atoms with Crippen molar-refractivity contribution in [2.45, 2.75) is 29.1 Å². The number of nitrogens with one attached hydrogen (secondary N) is 2. The van der Waals surface area contributed by atoms with Gasteiger partial charge in [-0.05, 0) is 59.5 Å². The number of aromatic nitrogens is 4. The molecular weight excluding hydrogens is 430 g/mol. The Morgan fingerprint density at radius 3 is 2.94 bits per heavy atom. The van der Waals surface area contributed by atoms with Crippen LogP contribution in [-0.4, -0.2) is 46.2 Å². The number of benzene rings is 1. The average Bonchev–Trinajstić information content (AvgIpc) is 3.57. The maximum atomic E-state index is 5.14. The van der Waals surface area contributed by atoms with Crippen LogP contribution in [0.1, 0.15) is 17.7 Å². The summed E-state index contributed by atoms with van der Waals surface area (Å²) in [5.74, 6) is 1.75. The molecule has 1 aliphatic carbocycles. The van der Waals surface area contributed by atoms with Gasteiger partial charge in [0.15, 0.2) is 5.16 Å². The van der Waals surface area contributed by atoms with Gasteiger partial charge in [0.1, 0.15) is 5.82 Å². The highest BCUT2D eigenvalue weighted by atomic mass is 32.2. The molecule has 0 spiro atoms. The highest BCUT2D eigenvalue weighted by Crippen LogP contribution is 2.47. The van der Waals surface area contributed by atoms with E-state index in [2.05, 4.69) is 49.8 Å². The van der Waals surface area contributed by atoms with E-state index in [1.165, 1.54) is 23.1 Å². The van der Waals surface area contributed by atoms with Gasteiger partial charge in [0.25, 0.3) is 0 Å². The van der Waals surface area contributed by atoms with Crippen molar-refractivity contribution in [3.8, 4) is 11.1 Å². The van der Waals surface area contributed by atoms with Gasteiger partial charge in [0.05, 0.1) is 22.9 Å². The molecule has 3 aromatic heterocycles. The summed E-state index contributed by atoms with van der Waals surface area (Å²) in [5.41, 5.74) is 7.80. The van der Waals surface area contributed by atoms with Gasteiger partial charge in [-0.2, -0.15) is 0 Å². The van der Waals surface area contributed by atoms with E-state index in [1.54, 1.807) is 18.0 Å². The number of anilines is 2. The monoisotopic (exact) mass is 453 g/mol. The molecule has 0 saturated carbocycles. The van der Waals surface area contributed by atoms with E-state index < -0.39 is 0 Å². The largest absolute Gasteiger partial charge is 0.388 e. The lowest BCUT2D eigenvalue weighted by Crippen LogP contribution is -2.44. The third kappa shape index (κ3) is 3.08. The molecule has 2 bridgehead atoms. The molecule has 7 nitrogen and oxygen atoms in total. The molecule has 0 amide bonds. The predicted molar refractivity (Wildman–Crippen MR) is 131 cm³/mol. The zero-order valence-electron chi connectivity index (χ0n) is 18.2. The van der Waals surface area contributed by atoms with Gasteiger partial charge in [0.2, 0.25) is 0 Å². The van der Waals surface area contributed by atoms with Crippen molar-refractivity contribution in [3.05, 3.63) is 60.0 Å². The van der Waals surface area contributed by atoms with Crippen molar-refractivity contribution < 1.29 is 0 Å². The fourth-order valence-corrected chi connectivity index (χ4v) is 6.21. The highest BCUT2D eigenvalue weighted by Gasteiger charge is 2.41. The minimum Gasteiger partial charge on any atom is -0.388 e. The van der Waals surface area contributed by atoms with Gasteiger partial charge in [-0.15, -0.1) is 0 Å². The van der Waals surface area contributed by atoms with E-state index in [-0.39, 0.29) is 0 Å². The third-order valence-electron chi connectivity index (χ3n) is 6.94. The summed E-state index contributed by atoms with van der Waals surface area (Å²) in [5, 5.41) is 7.78. The summed E-state index contributed by atoms with van der Waals surface area (Å²) in [6.45, 7) is 2.15. The summed E-state index contributed by atoms with van der Waals surface area (Å²) in [7, 11) is 1.98. The summed E-state index contributed by atoms with van der Waals surface area (Å²) >= 11 is 1.56. The van der Waals surface area contributed by atoms with Crippen LogP contribution in [0.5, 0.6) is 0 Å². The van der Waals surface area contributed by atoms with Gasteiger partial charge in [-0.3, -0.25) is 15.3 Å². The number of fused-ring (bicyclic) bond motifs is 6. The molecule has 2 saturated heterocycles. The van der Waals surface area contributed by atoms with E-state index in [9.17, 15) is 0 Å². The van der Waals surface area contributed by atoms with Crippen LogP contribution < -0.4 is 15.5 Å². The second-order valence-electron chi connectivity index (χ2n) is 8.90. The minimum atomic E-state index is 0.356. The van der Waals surface area contributed by atoms with Crippen molar-refractivity contribution >= 4 is 34.3 Å². The van der Waals surface area contributed by atoms with Crippen LogP contribution in [0.25, 0.3) is 22.2 Å². The minimum absolute atomic E-state index is 0.356. The van der Waals surface area contributed by atoms with Crippen LogP contribution in [0.2, 0.25) is 0 Å². The average molecular weight is 454 g/mol. The fraction of sp³-hybridized carbons (Fsp3) is 0.280. The van der Waals surface area contributed by atoms with Crippen LogP contribution in [0.4, 0.5) is 11.5 Å². The van der Waals surface area contributed by atoms with Gasteiger partial charge >= 0.3 is 0 Å². The molecule has 2 aliphatic heterocycles. The van der Waals surface area contributed by atoms with Gasteiger partial charge in [-0.25, -0.2) is 9.97 Å². The predicted octanol–water partition coefficient (Wildman–Crippen LogP) is 3.94. The first-order valence-corrected chi connectivity index (χ1v) is 12.2. The van der Waals surface area contributed by atoms with Crippen LogP contribution in [-0.2, 0) is 6.42 Å². The maximum Gasteiger partial charge on any atom is 0.194 e. The zero-order chi connectivity index (χ0) is 21.9. The second-order valence-corrected chi connectivity index (χ2v) is 9.94. The third-order valence-corrected chi connectivity index (χ3v) is 7.76. The number of nitrogens with zero attached hydrogens (tertiary/aromatic N) is 5. The molecule has 4 aromatic rings. The first-order chi connectivity index (χ1) is 16.3. The van der Waals surface area contributed by atoms with Crippen LogP contribution >= 0.6 is 11.8 Å². The van der Waals surface area contributed by atoms with Crippen molar-refractivity contribution in [2.24, 2.45) is 5.92 Å². The molecule has 2 N–H and O–H groups in total. The molecule has 1 aromatic carbocycles. The Labute approximate surface area is 196 Å². The van der Waals surface area contributed by atoms with Gasteiger partial charge in [0, 0.05) is 55.1 Å². The fourth-order valence-electron chi connectivity index (χ4n) is 5.44. The highest BCUT2D eigenvalue weighted by molar-refractivity contribution is 7.99.